The van der Waals surface area contributed by atoms with Gasteiger partial charge < -0.3 is 4.74 Å². The number of anilines is 1. The van der Waals surface area contributed by atoms with Crippen LogP contribution in [0.3, 0.4) is 0 Å². The summed E-state index contributed by atoms with van der Waals surface area (Å²) in [6.45, 7) is 2.32. The van der Waals surface area contributed by atoms with Gasteiger partial charge in [0.05, 0.1) is 18.0 Å². The molecule has 5 nitrogen and oxygen atoms in total. The third kappa shape index (κ3) is 5.08. The highest BCUT2D eigenvalue weighted by atomic mass is 32.2. The fourth-order valence-electron chi connectivity index (χ4n) is 2.61. The van der Waals surface area contributed by atoms with Crippen molar-refractivity contribution >= 4 is 15.7 Å². The van der Waals surface area contributed by atoms with Crippen molar-refractivity contribution in [3.63, 3.8) is 0 Å². The molecule has 0 atom stereocenters. The van der Waals surface area contributed by atoms with E-state index in [2.05, 4.69) is 4.98 Å². The van der Waals surface area contributed by atoms with Crippen LogP contribution in [0.5, 0.6) is 5.75 Å². The summed E-state index contributed by atoms with van der Waals surface area (Å²) in [7, 11) is -3.41. The zero-order valence-corrected chi connectivity index (χ0v) is 16.0. The second kappa shape index (κ2) is 8.68. The minimum absolute atomic E-state index is 0.0339. The lowest BCUT2D eigenvalue weighted by Gasteiger charge is -2.24. The van der Waals surface area contributed by atoms with Gasteiger partial charge in [0, 0.05) is 12.4 Å². The number of sulfonamides is 1. The molecule has 0 saturated heterocycles. The molecule has 0 saturated carbocycles. The summed E-state index contributed by atoms with van der Waals surface area (Å²) in [5.74, 6) is 0.833. The van der Waals surface area contributed by atoms with Crippen LogP contribution in [0.25, 0.3) is 0 Å². The SMILES string of the molecule is CCS(=O)(=O)N(Cc1cccnc1)c1ccc(COc2ccccc2)cc1. The Labute approximate surface area is 160 Å². The summed E-state index contributed by atoms with van der Waals surface area (Å²) in [6.07, 6.45) is 3.35. The van der Waals surface area contributed by atoms with Crippen molar-refractivity contribution in [1.29, 1.82) is 0 Å². The molecule has 27 heavy (non-hydrogen) atoms. The normalized spacial score (nSPS) is 11.1. The van der Waals surface area contributed by atoms with E-state index in [-0.39, 0.29) is 12.3 Å². The first-order valence-electron chi connectivity index (χ1n) is 8.74. The molecule has 3 rings (SSSR count). The highest BCUT2D eigenvalue weighted by Gasteiger charge is 2.21. The van der Waals surface area contributed by atoms with E-state index in [0.29, 0.717) is 12.3 Å². The van der Waals surface area contributed by atoms with Gasteiger partial charge in [-0.05, 0) is 48.4 Å². The first kappa shape index (κ1) is 18.9. The minimum atomic E-state index is -3.41. The van der Waals surface area contributed by atoms with Gasteiger partial charge in [-0.1, -0.05) is 36.4 Å². The molecule has 0 aliphatic heterocycles. The van der Waals surface area contributed by atoms with Crippen molar-refractivity contribution < 1.29 is 13.2 Å². The molecule has 0 bridgehead atoms. The van der Waals surface area contributed by atoms with Crippen LogP contribution >= 0.6 is 0 Å². The molecule has 0 N–H and O–H groups in total. The Balaban J connectivity index is 1.76. The van der Waals surface area contributed by atoms with Gasteiger partial charge in [0.15, 0.2) is 0 Å². The Morgan fingerprint density at radius 3 is 2.30 bits per heavy atom. The molecule has 0 unspecified atom stereocenters. The number of rotatable bonds is 8. The second-order valence-electron chi connectivity index (χ2n) is 6.04. The number of hydrogen-bond donors (Lipinski definition) is 0. The van der Waals surface area contributed by atoms with Gasteiger partial charge in [0.25, 0.3) is 0 Å². The molecule has 0 spiro atoms. The van der Waals surface area contributed by atoms with E-state index in [4.69, 9.17) is 4.74 Å². The highest BCUT2D eigenvalue weighted by Crippen LogP contribution is 2.22. The summed E-state index contributed by atoms with van der Waals surface area (Å²) in [5.41, 5.74) is 2.44. The Morgan fingerprint density at radius 2 is 1.67 bits per heavy atom. The maximum absolute atomic E-state index is 12.6. The van der Waals surface area contributed by atoms with Gasteiger partial charge in [-0.25, -0.2) is 8.42 Å². The van der Waals surface area contributed by atoms with E-state index in [1.54, 1.807) is 25.4 Å². The molecule has 140 valence electrons. The number of hydrogen-bond acceptors (Lipinski definition) is 4. The van der Waals surface area contributed by atoms with Crippen molar-refractivity contribution in [2.24, 2.45) is 0 Å². The average Bonchev–Trinajstić information content (AvgIpc) is 2.72. The number of aromatic nitrogens is 1. The van der Waals surface area contributed by atoms with Crippen LogP contribution < -0.4 is 9.04 Å². The van der Waals surface area contributed by atoms with Gasteiger partial charge >= 0.3 is 0 Å². The first-order chi connectivity index (χ1) is 13.1. The molecule has 3 aromatic rings. The van der Waals surface area contributed by atoms with Gasteiger partial charge in [-0.2, -0.15) is 0 Å². The van der Waals surface area contributed by atoms with Gasteiger partial charge in [0.2, 0.25) is 10.0 Å². The van der Waals surface area contributed by atoms with Crippen LogP contribution in [-0.2, 0) is 23.2 Å². The third-order valence-electron chi connectivity index (χ3n) is 4.12. The fraction of sp³-hybridized carbons (Fsp3) is 0.190. The standard InChI is InChI=1S/C21H22N2O3S/c1-2-27(24,25)23(16-19-7-6-14-22-15-19)20-12-10-18(11-13-20)17-26-21-8-4-3-5-9-21/h3-15H,2,16-17H2,1H3. The van der Waals surface area contributed by atoms with Crippen molar-refractivity contribution in [2.45, 2.75) is 20.1 Å². The average molecular weight is 382 g/mol. The first-order valence-corrected chi connectivity index (χ1v) is 10.4. The van der Waals surface area contributed by atoms with Crippen LogP contribution in [-0.4, -0.2) is 19.2 Å². The van der Waals surface area contributed by atoms with E-state index >= 15 is 0 Å². The minimum Gasteiger partial charge on any atom is -0.489 e. The number of para-hydroxylation sites is 1. The quantitative estimate of drug-likeness (QED) is 0.590. The number of pyridine rings is 1. The summed E-state index contributed by atoms with van der Waals surface area (Å²) in [6, 6.07) is 20.7. The molecule has 1 heterocycles. The smallest absolute Gasteiger partial charge is 0.235 e. The van der Waals surface area contributed by atoms with E-state index < -0.39 is 10.0 Å². The highest BCUT2D eigenvalue weighted by molar-refractivity contribution is 7.92. The molecule has 2 aromatic carbocycles. The zero-order chi connectivity index (χ0) is 19.1. The van der Waals surface area contributed by atoms with E-state index in [1.165, 1.54) is 4.31 Å². The molecular weight excluding hydrogens is 360 g/mol. The molecule has 0 amide bonds. The zero-order valence-electron chi connectivity index (χ0n) is 15.2. The van der Waals surface area contributed by atoms with Crippen LogP contribution in [0.4, 0.5) is 5.69 Å². The Hall–Kier alpha value is -2.86. The maximum Gasteiger partial charge on any atom is 0.235 e. The van der Waals surface area contributed by atoms with Crippen LogP contribution in [0, 0.1) is 0 Å². The lowest BCUT2D eigenvalue weighted by molar-refractivity contribution is 0.306. The van der Waals surface area contributed by atoms with Crippen LogP contribution in [0.2, 0.25) is 0 Å². The number of ether oxygens (including phenoxy) is 1. The van der Waals surface area contributed by atoms with Crippen molar-refractivity contribution in [3.8, 4) is 5.75 Å². The Kier molecular flexibility index (Phi) is 6.08. The van der Waals surface area contributed by atoms with Crippen molar-refractivity contribution in [3.05, 3.63) is 90.3 Å². The molecular formula is C21H22N2O3S. The molecule has 1 aromatic heterocycles. The molecule has 0 radical (unpaired) electrons. The molecule has 0 fully saturated rings. The predicted molar refractivity (Wildman–Crippen MR) is 107 cm³/mol. The third-order valence-corrected chi connectivity index (χ3v) is 5.86. The lowest BCUT2D eigenvalue weighted by atomic mass is 10.2. The maximum atomic E-state index is 12.6. The summed E-state index contributed by atoms with van der Waals surface area (Å²) in [4.78, 5) is 4.07. The van der Waals surface area contributed by atoms with Crippen molar-refractivity contribution in [2.75, 3.05) is 10.1 Å². The van der Waals surface area contributed by atoms with Gasteiger partial charge in [-0.15, -0.1) is 0 Å². The molecule has 0 aliphatic carbocycles. The Bertz CT molecular complexity index is 944. The summed E-state index contributed by atoms with van der Waals surface area (Å²) < 4.78 is 32.3. The van der Waals surface area contributed by atoms with Gasteiger partial charge in [0.1, 0.15) is 12.4 Å². The molecule has 0 aliphatic rings. The topological polar surface area (TPSA) is 59.5 Å². The van der Waals surface area contributed by atoms with E-state index in [9.17, 15) is 8.42 Å². The summed E-state index contributed by atoms with van der Waals surface area (Å²) >= 11 is 0. The summed E-state index contributed by atoms with van der Waals surface area (Å²) in [5, 5.41) is 0. The van der Waals surface area contributed by atoms with Crippen LogP contribution in [0.1, 0.15) is 18.1 Å². The van der Waals surface area contributed by atoms with E-state index in [0.717, 1.165) is 16.9 Å². The number of benzene rings is 2. The largest absolute Gasteiger partial charge is 0.489 e. The second-order valence-corrected chi connectivity index (χ2v) is 8.22. The van der Waals surface area contributed by atoms with Gasteiger partial charge in [-0.3, -0.25) is 9.29 Å². The van der Waals surface area contributed by atoms with Crippen molar-refractivity contribution in [1.82, 2.24) is 4.98 Å². The van der Waals surface area contributed by atoms with Crippen LogP contribution in [0.15, 0.2) is 79.1 Å². The predicted octanol–water partition coefficient (Wildman–Crippen LogP) is 4.02. The molecule has 6 heteroatoms. The fourth-order valence-corrected chi connectivity index (χ4v) is 3.71. The number of nitrogens with zero attached hydrogens (tertiary/aromatic N) is 2. The monoisotopic (exact) mass is 382 g/mol. The van der Waals surface area contributed by atoms with E-state index in [1.807, 2.05) is 60.7 Å². The Morgan fingerprint density at radius 1 is 0.926 bits per heavy atom. The lowest BCUT2D eigenvalue weighted by Crippen LogP contribution is -2.31.